The number of hydrogen-bond donors (Lipinski definition) is 2. The van der Waals surface area contributed by atoms with Gasteiger partial charge < -0.3 is 15.3 Å². The van der Waals surface area contributed by atoms with Crippen molar-refractivity contribution in [3.8, 4) is 0 Å². The average Bonchev–Trinajstić information content (AvgIpc) is 2.55. The first kappa shape index (κ1) is 16.4. The minimum Gasteiger partial charge on any atom is -0.395 e. The molecule has 1 aromatic carbocycles. The molecule has 118 valence electrons. The molecule has 22 heavy (non-hydrogen) atoms. The van der Waals surface area contributed by atoms with Crippen LogP contribution in [0, 0.1) is 5.82 Å². The van der Waals surface area contributed by atoms with Crippen molar-refractivity contribution in [1.82, 2.24) is 10.3 Å². The molecule has 0 atom stereocenters. The number of likely N-dealkylation sites (N-methyl/N-ethyl adjacent to an activating group) is 1. The lowest BCUT2D eigenvalue weighted by atomic mass is 10.1. The molecule has 0 amide bonds. The Labute approximate surface area is 130 Å². The quantitative estimate of drug-likeness (QED) is 0.786. The summed E-state index contributed by atoms with van der Waals surface area (Å²) in [6.45, 7) is 4.35. The van der Waals surface area contributed by atoms with Gasteiger partial charge in [0, 0.05) is 32.4 Å². The van der Waals surface area contributed by atoms with Crippen molar-refractivity contribution < 1.29 is 9.50 Å². The lowest BCUT2D eigenvalue weighted by Gasteiger charge is -2.23. The number of aliphatic hydroxyl groups is 1. The summed E-state index contributed by atoms with van der Waals surface area (Å²) in [6, 6.07) is 10.9. The van der Waals surface area contributed by atoms with Crippen molar-refractivity contribution >= 4 is 5.69 Å². The van der Waals surface area contributed by atoms with Crippen LogP contribution in [0.2, 0.25) is 0 Å². The van der Waals surface area contributed by atoms with Gasteiger partial charge in [0.25, 0.3) is 0 Å². The average molecular weight is 303 g/mol. The van der Waals surface area contributed by atoms with Crippen molar-refractivity contribution in [3.63, 3.8) is 0 Å². The highest BCUT2D eigenvalue weighted by molar-refractivity contribution is 5.50. The zero-order chi connectivity index (χ0) is 15.8. The summed E-state index contributed by atoms with van der Waals surface area (Å²) >= 11 is 0. The fourth-order valence-electron chi connectivity index (χ4n) is 2.32. The predicted molar refractivity (Wildman–Crippen MR) is 86.2 cm³/mol. The Morgan fingerprint density at radius 3 is 2.77 bits per heavy atom. The molecule has 2 N–H and O–H groups in total. The van der Waals surface area contributed by atoms with Gasteiger partial charge in [0.1, 0.15) is 5.82 Å². The molecule has 1 aromatic heterocycles. The van der Waals surface area contributed by atoms with E-state index in [9.17, 15) is 4.39 Å². The summed E-state index contributed by atoms with van der Waals surface area (Å²) in [4.78, 5) is 6.08. The van der Waals surface area contributed by atoms with Gasteiger partial charge in [-0.05, 0) is 36.8 Å². The molecule has 0 aliphatic heterocycles. The molecular weight excluding hydrogens is 281 g/mol. The van der Waals surface area contributed by atoms with Gasteiger partial charge in [0.15, 0.2) is 0 Å². The third kappa shape index (κ3) is 4.51. The minimum absolute atomic E-state index is 0.00936. The van der Waals surface area contributed by atoms with Crippen molar-refractivity contribution in [3.05, 3.63) is 59.7 Å². The van der Waals surface area contributed by atoms with Gasteiger partial charge in [0.2, 0.25) is 0 Å². The number of aromatic nitrogens is 1. The molecule has 5 heteroatoms. The Morgan fingerprint density at radius 1 is 1.23 bits per heavy atom. The number of aliphatic hydroxyl groups excluding tert-OH is 1. The standard InChI is InChI=1S/C17H22FN3O/c1-2-21(9-10-22)17-11-14(6-7-16(17)18)12-19-13-15-5-3-4-8-20-15/h3-8,11,19,22H,2,9-10,12-13H2,1H3. The normalized spacial score (nSPS) is 10.7. The number of anilines is 1. The van der Waals surface area contributed by atoms with E-state index in [1.54, 1.807) is 12.3 Å². The van der Waals surface area contributed by atoms with Crippen LogP contribution in [0.1, 0.15) is 18.2 Å². The minimum atomic E-state index is -0.260. The molecule has 2 rings (SSSR count). The monoisotopic (exact) mass is 303 g/mol. The second-order valence-corrected chi connectivity index (χ2v) is 5.01. The summed E-state index contributed by atoms with van der Waals surface area (Å²) in [5.41, 5.74) is 2.51. The molecule has 0 saturated carbocycles. The van der Waals surface area contributed by atoms with E-state index in [0.717, 1.165) is 11.3 Å². The lowest BCUT2D eigenvalue weighted by molar-refractivity contribution is 0.302. The second kappa shape index (κ2) is 8.46. The van der Waals surface area contributed by atoms with Gasteiger partial charge in [0.05, 0.1) is 18.0 Å². The Bertz CT molecular complexity index is 577. The number of rotatable bonds is 8. The number of nitrogens with zero attached hydrogens (tertiary/aromatic N) is 2. The van der Waals surface area contributed by atoms with Crippen LogP contribution in [0.15, 0.2) is 42.6 Å². The molecule has 0 bridgehead atoms. The van der Waals surface area contributed by atoms with Gasteiger partial charge in [-0.15, -0.1) is 0 Å². The molecule has 0 aliphatic carbocycles. The first-order valence-electron chi connectivity index (χ1n) is 7.49. The summed E-state index contributed by atoms with van der Waals surface area (Å²) in [7, 11) is 0. The van der Waals surface area contributed by atoms with E-state index in [1.807, 2.05) is 36.1 Å². The summed E-state index contributed by atoms with van der Waals surface area (Å²) < 4.78 is 14.0. The van der Waals surface area contributed by atoms with Crippen LogP contribution in [-0.2, 0) is 13.1 Å². The van der Waals surface area contributed by atoms with Crippen molar-refractivity contribution in [1.29, 1.82) is 0 Å². The summed E-state index contributed by atoms with van der Waals surface area (Å²) in [5.74, 6) is -0.260. The molecule has 0 aliphatic rings. The van der Waals surface area contributed by atoms with Crippen LogP contribution in [0.25, 0.3) is 0 Å². The van der Waals surface area contributed by atoms with Gasteiger partial charge >= 0.3 is 0 Å². The Kier molecular flexibility index (Phi) is 6.30. The van der Waals surface area contributed by atoms with E-state index >= 15 is 0 Å². The van der Waals surface area contributed by atoms with Gasteiger partial charge in [-0.25, -0.2) is 4.39 Å². The van der Waals surface area contributed by atoms with Crippen LogP contribution in [0.3, 0.4) is 0 Å². The molecular formula is C17H22FN3O. The maximum Gasteiger partial charge on any atom is 0.146 e. The largest absolute Gasteiger partial charge is 0.395 e. The Morgan fingerprint density at radius 2 is 2.09 bits per heavy atom. The van der Waals surface area contributed by atoms with Crippen LogP contribution in [-0.4, -0.2) is 29.8 Å². The molecule has 0 radical (unpaired) electrons. The van der Waals surface area contributed by atoms with Gasteiger partial charge in [-0.2, -0.15) is 0 Å². The molecule has 1 heterocycles. The van der Waals surface area contributed by atoms with E-state index in [2.05, 4.69) is 10.3 Å². The lowest BCUT2D eigenvalue weighted by Crippen LogP contribution is -2.27. The van der Waals surface area contributed by atoms with Crippen molar-refractivity contribution in [2.75, 3.05) is 24.6 Å². The molecule has 4 nitrogen and oxygen atoms in total. The number of hydrogen-bond acceptors (Lipinski definition) is 4. The Balaban J connectivity index is 1.99. The van der Waals surface area contributed by atoms with E-state index < -0.39 is 0 Å². The van der Waals surface area contributed by atoms with Gasteiger partial charge in [-0.1, -0.05) is 12.1 Å². The molecule has 0 unspecified atom stereocenters. The van der Waals surface area contributed by atoms with E-state index in [4.69, 9.17) is 5.11 Å². The predicted octanol–water partition coefficient (Wildman–Crippen LogP) is 2.33. The smallest absolute Gasteiger partial charge is 0.146 e. The fraction of sp³-hybridized carbons (Fsp3) is 0.353. The maximum absolute atomic E-state index is 14.0. The molecule has 0 spiro atoms. The van der Waals surface area contributed by atoms with E-state index in [-0.39, 0.29) is 12.4 Å². The number of pyridine rings is 1. The summed E-state index contributed by atoms with van der Waals surface area (Å²) in [6.07, 6.45) is 1.76. The molecule has 0 fully saturated rings. The number of halogens is 1. The zero-order valence-corrected chi connectivity index (χ0v) is 12.8. The van der Waals surface area contributed by atoms with E-state index in [0.29, 0.717) is 31.9 Å². The topological polar surface area (TPSA) is 48.4 Å². The van der Waals surface area contributed by atoms with Crippen LogP contribution < -0.4 is 10.2 Å². The fourth-order valence-corrected chi connectivity index (χ4v) is 2.32. The van der Waals surface area contributed by atoms with E-state index in [1.165, 1.54) is 6.07 Å². The number of nitrogens with one attached hydrogen (secondary N) is 1. The first-order valence-corrected chi connectivity index (χ1v) is 7.49. The van der Waals surface area contributed by atoms with Crippen molar-refractivity contribution in [2.45, 2.75) is 20.0 Å². The SMILES string of the molecule is CCN(CCO)c1cc(CNCc2ccccn2)ccc1F. The van der Waals surface area contributed by atoms with Gasteiger partial charge in [-0.3, -0.25) is 4.98 Å². The first-order chi connectivity index (χ1) is 10.7. The highest BCUT2D eigenvalue weighted by atomic mass is 19.1. The zero-order valence-electron chi connectivity index (χ0n) is 12.8. The second-order valence-electron chi connectivity index (χ2n) is 5.01. The third-order valence-corrected chi connectivity index (χ3v) is 3.46. The third-order valence-electron chi connectivity index (χ3n) is 3.46. The van der Waals surface area contributed by atoms with Crippen LogP contribution in [0.4, 0.5) is 10.1 Å². The van der Waals surface area contributed by atoms with Crippen LogP contribution >= 0.6 is 0 Å². The maximum atomic E-state index is 14.0. The Hall–Kier alpha value is -1.98. The number of benzene rings is 1. The summed E-state index contributed by atoms with van der Waals surface area (Å²) in [5, 5.41) is 12.4. The highest BCUT2D eigenvalue weighted by Gasteiger charge is 2.10. The van der Waals surface area contributed by atoms with Crippen molar-refractivity contribution in [2.24, 2.45) is 0 Å². The molecule has 2 aromatic rings. The van der Waals surface area contributed by atoms with Crippen LogP contribution in [0.5, 0.6) is 0 Å². The highest BCUT2D eigenvalue weighted by Crippen LogP contribution is 2.20. The molecule has 0 saturated heterocycles.